The van der Waals surface area contributed by atoms with Gasteiger partial charge in [-0.1, -0.05) is 0 Å². The molecular weight excluding hydrogens is 282 g/mol. The summed E-state index contributed by atoms with van der Waals surface area (Å²) < 4.78 is 18.2. The summed E-state index contributed by atoms with van der Waals surface area (Å²) in [5.74, 6) is 2.68. The van der Waals surface area contributed by atoms with E-state index in [-0.39, 0.29) is 0 Å². The number of ether oxygens (including phenoxy) is 2. The van der Waals surface area contributed by atoms with Crippen LogP contribution in [-0.4, -0.2) is 29.0 Å². The first-order chi connectivity index (χ1) is 10.7. The van der Waals surface area contributed by atoms with E-state index in [0.29, 0.717) is 18.2 Å². The standard InChI is InChI=1S/C16H17N3O3/c1-11-14(10-19-8-4-7-17-19)18-16(22-11)13-9-12(20-2)5-6-15(13)21-3/h4-9H,10H2,1-3H3. The van der Waals surface area contributed by atoms with Gasteiger partial charge in [0.2, 0.25) is 5.89 Å². The van der Waals surface area contributed by atoms with E-state index < -0.39 is 0 Å². The lowest BCUT2D eigenvalue weighted by molar-refractivity contribution is 0.402. The van der Waals surface area contributed by atoms with Crippen molar-refractivity contribution in [1.29, 1.82) is 0 Å². The molecule has 0 N–H and O–H groups in total. The van der Waals surface area contributed by atoms with Gasteiger partial charge in [0.05, 0.1) is 26.3 Å². The van der Waals surface area contributed by atoms with Crippen LogP contribution in [0.4, 0.5) is 0 Å². The van der Waals surface area contributed by atoms with Crippen LogP contribution in [0, 0.1) is 6.92 Å². The van der Waals surface area contributed by atoms with Gasteiger partial charge in [0, 0.05) is 12.4 Å². The topological polar surface area (TPSA) is 62.3 Å². The van der Waals surface area contributed by atoms with Crippen LogP contribution in [0.1, 0.15) is 11.5 Å². The van der Waals surface area contributed by atoms with Crippen molar-refractivity contribution in [3.8, 4) is 23.0 Å². The Balaban J connectivity index is 1.98. The summed E-state index contributed by atoms with van der Waals surface area (Å²) in [4.78, 5) is 4.58. The van der Waals surface area contributed by atoms with Gasteiger partial charge < -0.3 is 13.9 Å². The number of hydrogen-bond donors (Lipinski definition) is 0. The number of oxazole rings is 1. The lowest BCUT2D eigenvalue weighted by Gasteiger charge is -2.07. The van der Waals surface area contributed by atoms with Crippen molar-refractivity contribution in [2.75, 3.05) is 14.2 Å². The highest BCUT2D eigenvalue weighted by molar-refractivity contribution is 5.65. The Labute approximate surface area is 128 Å². The van der Waals surface area contributed by atoms with Crippen LogP contribution in [0.5, 0.6) is 11.5 Å². The van der Waals surface area contributed by atoms with E-state index in [1.807, 2.05) is 37.4 Å². The van der Waals surface area contributed by atoms with Crippen molar-refractivity contribution in [3.05, 3.63) is 48.1 Å². The minimum atomic E-state index is 0.510. The number of rotatable bonds is 5. The molecule has 0 saturated heterocycles. The molecule has 114 valence electrons. The molecule has 0 aliphatic carbocycles. The van der Waals surface area contributed by atoms with Crippen LogP contribution < -0.4 is 9.47 Å². The summed E-state index contributed by atoms with van der Waals surface area (Å²) in [6.07, 6.45) is 3.63. The average molecular weight is 299 g/mol. The van der Waals surface area contributed by atoms with Crippen LogP contribution >= 0.6 is 0 Å². The Morgan fingerprint density at radius 2 is 2.09 bits per heavy atom. The second-order valence-electron chi connectivity index (χ2n) is 4.79. The maximum atomic E-state index is 5.80. The fourth-order valence-electron chi connectivity index (χ4n) is 2.22. The Morgan fingerprint density at radius 3 is 2.77 bits per heavy atom. The summed E-state index contributed by atoms with van der Waals surface area (Å²) in [5, 5.41) is 4.19. The fourth-order valence-corrected chi connectivity index (χ4v) is 2.22. The zero-order valence-corrected chi connectivity index (χ0v) is 12.7. The minimum Gasteiger partial charge on any atom is -0.497 e. The molecule has 0 atom stereocenters. The van der Waals surface area contributed by atoms with Crippen LogP contribution in [0.3, 0.4) is 0 Å². The molecule has 0 bridgehead atoms. The van der Waals surface area contributed by atoms with E-state index in [2.05, 4.69) is 10.1 Å². The molecule has 3 rings (SSSR count). The van der Waals surface area contributed by atoms with Crippen molar-refractivity contribution >= 4 is 0 Å². The molecule has 22 heavy (non-hydrogen) atoms. The first-order valence-electron chi connectivity index (χ1n) is 6.87. The van der Waals surface area contributed by atoms with E-state index in [4.69, 9.17) is 13.9 Å². The molecule has 0 unspecified atom stereocenters. The average Bonchev–Trinajstić information content (AvgIpc) is 3.17. The zero-order valence-electron chi connectivity index (χ0n) is 12.7. The fraction of sp³-hybridized carbons (Fsp3) is 0.250. The first-order valence-corrected chi connectivity index (χ1v) is 6.87. The molecule has 6 nitrogen and oxygen atoms in total. The summed E-state index contributed by atoms with van der Waals surface area (Å²) in [6, 6.07) is 7.40. The summed E-state index contributed by atoms with van der Waals surface area (Å²) in [7, 11) is 3.24. The van der Waals surface area contributed by atoms with Gasteiger partial charge in [-0.3, -0.25) is 4.68 Å². The SMILES string of the molecule is COc1ccc(OC)c(-c2nc(Cn3cccn3)c(C)o2)c1. The van der Waals surface area contributed by atoms with Gasteiger partial charge >= 0.3 is 0 Å². The molecule has 1 aromatic carbocycles. The van der Waals surface area contributed by atoms with Crippen molar-refractivity contribution in [1.82, 2.24) is 14.8 Å². The second-order valence-corrected chi connectivity index (χ2v) is 4.79. The number of hydrogen-bond acceptors (Lipinski definition) is 5. The monoisotopic (exact) mass is 299 g/mol. The number of nitrogens with zero attached hydrogens (tertiary/aromatic N) is 3. The Hall–Kier alpha value is -2.76. The predicted octanol–water partition coefficient (Wildman–Crippen LogP) is 2.91. The van der Waals surface area contributed by atoms with Gasteiger partial charge in [-0.25, -0.2) is 4.98 Å². The van der Waals surface area contributed by atoms with Gasteiger partial charge in [0.1, 0.15) is 23.0 Å². The summed E-state index contributed by atoms with van der Waals surface area (Å²) in [5.41, 5.74) is 1.60. The lowest BCUT2D eigenvalue weighted by atomic mass is 10.2. The molecule has 0 radical (unpaired) electrons. The van der Waals surface area contributed by atoms with Crippen molar-refractivity contribution < 1.29 is 13.9 Å². The molecule has 2 aromatic heterocycles. The van der Waals surface area contributed by atoms with E-state index in [1.54, 1.807) is 25.1 Å². The molecule has 0 aliphatic rings. The van der Waals surface area contributed by atoms with Crippen LogP contribution in [-0.2, 0) is 6.54 Å². The predicted molar refractivity (Wildman–Crippen MR) is 81.1 cm³/mol. The maximum absolute atomic E-state index is 5.80. The van der Waals surface area contributed by atoms with Crippen molar-refractivity contribution in [2.45, 2.75) is 13.5 Å². The first kappa shape index (κ1) is 14.2. The lowest BCUT2D eigenvalue weighted by Crippen LogP contribution is -2.01. The van der Waals surface area contributed by atoms with Gasteiger partial charge in [0.15, 0.2) is 0 Å². The number of methoxy groups -OCH3 is 2. The largest absolute Gasteiger partial charge is 0.497 e. The van der Waals surface area contributed by atoms with Crippen molar-refractivity contribution in [2.24, 2.45) is 0 Å². The highest BCUT2D eigenvalue weighted by Gasteiger charge is 2.16. The molecular formula is C16H17N3O3. The van der Waals surface area contributed by atoms with E-state index in [0.717, 1.165) is 22.8 Å². The third-order valence-corrected chi connectivity index (χ3v) is 3.40. The molecule has 0 aliphatic heterocycles. The highest BCUT2D eigenvalue weighted by Crippen LogP contribution is 2.33. The molecule has 6 heteroatoms. The molecule has 0 saturated carbocycles. The van der Waals surface area contributed by atoms with Crippen molar-refractivity contribution in [3.63, 3.8) is 0 Å². The Bertz CT molecular complexity index is 763. The van der Waals surface area contributed by atoms with Crippen LogP contribution in [0.2, 0.25) is 0 Å². The molecule has 2 heterocycles. The van der Waals surface area contributed by atoms with E-state index in [9.17, 15) is 0 Å². The van der Waals surface area contributed by atoms with Gasteiger partial charge in [-0.05, 0) is 31.2 Å². The van der Waals surface area contributed by atoms with E-state index >= 15 is 0 Å². The van der Waals surface area contributed by atoms with Gasteiger partial charge in [0.25, 0.3) is 0 Å². The quantitative estimate of drug-likeness (QED) is 0.725. The number of aryl methyl sites for hydroxylation is 1. The maximum Gasteiger partial charge on any atom is 0.230 e. The van der Waals surface area contributed by atoms with Crippen LogP contribution in [0.15, 0.2) is 41.1 Å². The minimum absolute atomic E-state index is 0.510. The molecule has 3 aromatic rings. The normalized spacial score (nSPS) is 10.7. The Kier molecular flexibility index (Phi) is 3.82. The zero-order chi connectivity index (χ0) is 15.5. The number of aromatic nitrogens is 3. The molecule has 0 fully saturated rings. The summed E-state index contributed by atoms with van der Waals surface area (Å²) in [6.45, 7) is 2.45. The third kappa shape index (κ3) is 2.67. The molecule has 0 amide bonds. The van der Waals surface area contributed by atoms with E-state index in [1.165, 1.54) is 0 Å². The Morgan fingerprint density at radius 1 is 1.23 bits per heavy atom. The van der Waals surface area contributed by atoms with Crippen LogP contribution in [0.25, 0.3) is 11.5 Å². The van der Waals surface area contributed by atoms with Gasteiger partial charge in [-0.2, -0.15) is 5.10 Å². The highest BCUT2D eigenvalue weighted by atomic mass is 16.5. The molecule has 0 spiro atoms. The summed E-state index contributed by atoms with van der Waals surface area (Å²) >= 11 is 0. The second kappa shape index (κ2) is 5.93. The third-order valence-electron chi connectivity index (χ3n) is 3.40. The van der Waals surface area contributed by atoms with Gasteiger partial charge in [-0.15, -0.1) is 0 Å². The smallest absolute Gasteiger partial charge is 0.230 e. The number of benzene rings is 1.